The average molecular weight is 460 g/mol. The Hall–Kier alpha value is -3.31. The molecule has 12 heteroatoms. The van der Waals surface area contributed by atoms with E-state index >= 15 is 0 Å². The lowest BCUT2D eigenvalue weighted by Crippen LogP contribution is -2.37. The van der Waals surface area contributed by atoms with Gasteiger partial charge in [-0.25, -0.2) is 9.78 Å². The molecule has 0 saturated carbocycles. The molecule has 0 aliphatic rings. The molecule has 3 heterocycles. The number of rotatable bonds is 6. The van der Waals surface area contributed by atoms with E-state index in [0.29, 0.717) is 39.3 Å². The zero-order valence-corrected chi connectivity index (χ0v) is 18.3. The molecule has 0 aliphatic carbocycles. The van der Waals surface area contributed by atoms with E-state index in [9.17, 15) is 14.4 Å². The number of nitrogens with one attached hydrogen (secondary N) is 1. The highest BCUT2D eigenvalue weighted by molar-refractivity contribution is 7.18. The highest BCUT2D eigenvalue weighted by atomic mass is 35.5. The van der Waals surface area contributed by atoms with Gasteiger partial charge in [-0.3, -0.25) is 18.7 Å². The molecule has 10 nitrogen and oxygen atoms in total. The minimum Gasteiger partial charge on any atom is -0.325 e. The van der Waals surface area contributed by atoms with Crippen LogP contribution in [-0.4, -0.2) is 34.8 Å². The van der Waals surface area contributed by atoms with Gasteiger partial charge in [-0.2, -0.15) is 0 Å². The first kappa shape index (κ1) is 20.9. The Morgan fingerprint density at radius 3 is 2.71 bits per heavy atom. The number of halogens is 1. The van der Waals surface area contributed by atoms with Crippen LogP contribution in [0.3, 0.4) is 0 Å². The predicted molar refractivity (Wildman–Crippen MR) is 118 cm³/mol. The number of imidazole rings is 1. The number of aromatic nitrogens is 6. The van der Waals surface area contributed by atoms with Gasteiger partial charge in [0.05, 0.1) is 11.3 Å². The maximum atomic E-state index is 12.5. The Morgan fingerprint density at radius 1 is 1.16 bits per heavy atom. The highest BCUT2D eigenvalue weighted by Gasteiger charge is 2.15. The monoisotopic (exact) mass is 459 g/mol. The van der Waals surface area contributed by atoms with Crippen LogP contribution in [0.15, 0.2) is 40.2 Å². The number of amides is 1. The van der Waals surface area contributed by atoms with E-state index in [1.54, 1.807) is 17.7 Å². The summed E-state index contributed by atoms with van der Waals surface area (Å²) in [6, 6.07) is 7.28. The summed E-state index contributed by atoms with van der Waals surface area (Å²) in [6.45, 7) is 0.401. The van der Waals surface area contributed by atoms with E-state index in [4.69, 9.17) is 11.6 Å². The first-order chi connectivity index (χ1) is 14.9. The van der Waals surface area contributed by atoms with Crippen LogP contribution in [0.2, 0.25) is 5.02 Å². The minimum atomic E-state index is -0.435. The number of carbonyl (C=O) groups excluding carboxylic acids is 1. The molecule has 0 atom stereocenters. The molecule has 1 N–H and O–H groups in total. The van der Waals surface area contributed by atoms with Crippen molar-refractivity contribution >= 4 is 45.1 Å². The van der Waals surface area contributed by atoms with Crippen LogP contribution in [0.5, 0.6) is 0 Å². The van der Waals surface area contributed by atoms with Gasteiger partial charge in [0, 0.05) is 32.6 Å². The zero-order chi connectivity index (χ0) is 22.1. The maximum Gasteiger partial charge on any atom is 0.332 e. The van der Waals surface area contributed by atoms with Crippen molar-refractivity contribution in [3.05, 3.63) is 56.5 Å². The first-order valence-corrected chi connectivity index (χ1v) is 10.6. The number of hydrogen-bond acceptors (Lipinski definition) is 7. The van der Waals surface area contributed by atoms with Crippen LogP contribution in [-0.2, 0) is 25.4 Å². The molecule has 31 heavy (non-hydrogen) atoms. The molecule has 0 saturated heterocycles. The molecule has 4 rings (SSSR count). The van der Waals surface area contributed by atoms with E-state index in [1.807, 2.05) is 18.2 Å². The molecular formula is C19H18ClN7O3S. The van der Waals surface area contributed by atoms with Gasteiger partial charge in [0.15, 0.2) is 16.2 Å². The van der Waals surface area contributed by atoms with Gasteiger partial charge in [-0.05, 0) is 12.5 Å². The smallest absolute Gasteiger partial charge is 0.325 e. The van der Waals surface area contributed by atoms with Crippen molar-refractivity contribution in [2.24, 2.45) is 14.1 Å². The number of carbonyl (C=O) groups is 1. The third kappa shape index (κ3) is 4.01. The van der Waals surface area contributed by atoms with Gasteiger partial charge in [-0.15, -0.1) is 10.2 Å². The van der Waals surface area contributed by atoms with Gasteiger partial charge < -0.3 is 9.88 Å². The summed E-state index contributed by atoms with van der Waals surface area (Å²) in [5.41, 5.74) is 0.554. The Bertz CT molecular complexity index is 1400. The Labute approximate surface area is 184 Å². The Morgan fingerprint density at radius 2 is 1.94 bits per heavy atom. The molecule has 0 spiro atoms. The average Bonchev–Trinajstić information content (AvgIpc) is 3.38. The van der Waals surface area contributed by atoms with Crippen molar-refractivity contribution in [2.45, 2.75) is 19.4 Å². The molecule has 0 radical (unpaired) electrons. The number of fused-ring (bicyclic) bond motifs is 1. The van der Waals surface area contributed by atoms with Crippen molar-refractivity contribution in [3.63, 3.8) is 0 Å². The molecule has 0 bridgehead atoms. The lowest BCUT2D eigenvalue weighted by Gasteiger charge is -2.06. The van der Waals surface area contributed by atoms with E-state index in [1.165, 1.54) is 29.3 Å². The fraction of sp³-hybridized carbons (Fsp3) is 0.263. The molecule has 160 valence electrons. The number of nitrogens with zero attached hydrogens (tertiary/aromatic N) is 6. The fourth-order valence-corrected chi connectivity index (χ4v) is 4.26. The fourth-order valence-electron chi connectivity index (χ4n) is 3.18. The van der Waals surface area contributed by atoms with Crippen molar-refractivity contribution < 1.29 is 4.79 Å². The largest absolute Gasteiger partial charge is 0.332 e. The van der Waals surface area contributed by atoms with Crippen LogP contribution in [0, 0.1) is 0 Å². The molecule has 0 fully saturated rings. The van der Waals surface area contributed by atoms with Gasteiger partial charge in [0.2, 0.25) is 11.0 Å². The van der Waals surface area contributed by atoms with Crippen LogP contribution >= 0.6 is 22.9 Å². The molecule has 0 aliphatic heterocycles. The SMILES string of the molecule is Cn1c(=O)c2c(ncn2CCCC(=O)Nc2nnc(-c3ccccc3Cl)s2)n(C)c1=O. The van der Waals surface area contributed by atoms with Gasteiger partial charge >= 0.3 is 5.69 Å². The van der Waals surface area contributed by atoms with Crippen molar-refractivity contribution in [1.29, 1.82) is 0 Å². The summed E-state index contributed by atoms with van der Waals surface area (Å²) in [6.07, 6.45) is 2.19. The summed E-state index contributed by atoms with van der Waals surface area (Å²) in [5.74, 6) is -0.216. The maximum absolute atomic E-state index is 12.5. The highest BCUT2D eigenvalue weighted by Crippen LogP contribution is 2.31. The number of aryl methyl sites for hydroxylation is 2. The Balaban J connectivity index is 1.40. The quantitative estimate of drug-likeness (QED) is 0.471. The molecule has 1 amide bonds. The lowest BCUT2D eigenvalue weighted by molar-refractivity contribution is -0.116. The van der Waals surface area contributed by atoms with Crippen molar-refractivity contribution in [3.8, 4) is 10.6 Å². The number of hydrogen-bond donors (Lipinski definition) is 1. The summed E-state index contributed by atoms with van der Waals surface area (Å²) in [5, 5.41) is 12.4. The van der Waals surface area contributed by atoms with E-state index in [2.05, 4.69) is 20.5 Å². The van der Waals surface area contributed by atoms with Crippen LogP contribution in [0.1, 0.15) is 12.8 Å². The summed E-state index contributed by atoms with van der Waals surface area (Å²) >= 11 is 7.41. The topological polar surface area (TPSA) is 117 Å². The second-order valence-corrected chi connectivity index (χ2v) is 8.24. The molecule has 3 aromatic heterocycles. The van der Waals surface area contributed by atoms with Gasteiger partial charge in [-0.1, -0.05) is 41.1 Å². The summed E-state index contributed by atoms with van der Waals surface area (Å²) in [7, 11) is 2.99. The Kier molecular flexibility index (Phi) is 5.70. The zero-order valence-electron chi connectivity index (χ0n) is 16.7. The van der Waals surface area contributed by atoms with Crippen molar-refractivity contribution in [2.75, 3.05) is 5.32 Å². The van der Waals surface area contributed by atoms with E-state index < -0.39 is 11.2 Å². The standard InChI is InChI=1S/C19H18ClN7O3S/c1-25-15-14(17(29)26(2)19(25)30)27(10-21-15)9-5-8-13(28)22-18-24-23-16(31-18)11-6-3-4-7-12(11)20/h3-4,6-7,10H,5,8-9H2,1-2H3,(H,22,24,28). The molecule has 0 unspecified atom stereocenters. The minimum absolute atomic E-state index is 0.215. The normalized spacial score (nSPS) is 11.2. The van der Waals surface area contributed by atoms with E-state index in [0.717, 1.165) is 10.1 Å². The summed E-state index contributed by atoms with van der Waals surface area (Å²) < 4.78 is 4.02. The van der Waals surface area contributed by atoms with Crippen molar-refractivity contribution in [1.82, 2.24) is 28.9 Å². The number of anilines is 1. The lowest BCUT2D eigenvalue weighted by atomic mass is 10.2. The van der Waals surface area contributed by atoms with Crippen LogP contribution in [0.4, 0.5) is 5.13 Å². The summed E-state index contributed by atoms with van der Waals surface area (Å²) in [4.78, 5) is 40.9. The second kappa shape index (κ2) is 8.44. The number of benzene rings is 1. The van der Waals surface area contributed by atoms with Gasteiger partial charge in [0.1, 0.15) is 0 Å². The van der Waals surface area contributed by atoms with E-state index in [-0.39, 0.29) is 12.3 Å². The third-order valence-corrected chi connectivity index (χ3v) is 6.00. The van der Waals surface area contributed by atoms with Crippen LogP contribution in [0.25, 0.3) is 21.7 Å². The predicted octanol–water partition coefficient (Wildman–Crippen LogP) is 2.02. The first-order valence-electron chi connectivity index (χ1n) is 9.36. The van der Waals surface area contributed by atoms with Gasteiger partial charge in [0.25, 0.3) is 5.56 Å². The molecular weight excluding hydrogens is 442 g/mol. The van der Waals surface area contributed by atoms with Crippen LogP contribution < -0.4 is 16.6 Å². The molecule has 1 aromatic carbocycles. The third-order valence-electron chi connectivity index (χ3n) is 4.80. The molecule has 4 aromatic rings. The second-order valence-electron chi connectivity index (χ2n) is 6.86.